The molecule has 126 valence electrons. The molecule has 0 aliphatic heterocycles. The first kappa shape index (κ1) is 16.9. The van der Waals surface area contributed by atoms with Gasteiger partial charge >= 0.3 is 0 Å². The van der Waals surface area contributed by atoms with Gasteiger partial charge in [0.15, 0.2) is 0 Å². The second-order valence-corrected chi connectivity index (χ2v) is 8.26. The van der Waals surface area contributed by atoms with E-state index >= 15 is 0 Å². The summed E-state index contributed by atoms with van der Waals surface area (Å²) in [7, 11) is -3.41. The summed E-state index contributed by atoms with van der Waals surface area (Å²) in [6.45, 7) is 2.00. The number of nitrogens with one attached hydrogen (secondary N) is 1. The topological polar surface area (TPSA) is 64.0 Å². The fourth-order valence-electron chi connectivity index (χ4n) is 2.40. The molecule has 24 heavy (non-hydrogen) atoms. The van der Waals surface area contributed by atoms with Crippen LogP contribution in [0, 0.1) is 5.82 Å². The van der Waals surface area contributed by atoms with Gasteiger partial charge in [0.05, 0.1) is 23.3 Å². The molecule has 0 atom stereocenters. The van der Waals surface area contributed by atoms with E-state index in [1.165, 1.54) is 12.1 Å². The monoisotopic (exact) mass is 411 g/mol. The SMILES string of the molecule is CCS(=O)(=O)Nc1cc(Br)cc2c1ncn2Cc1cccc(F)c1. The normalized spacial score (nSPS) is 11.8. The fraction of sp³-hybridized carbons (Fsp3) is 0.188. The molecule has 1 heterocycles. The third kappa shape index (κ3) is 3.59. The van der Waals surface area contributed by atoms with Crippen molar-refractivity contribution < 1.29 is 12.8 Å². The first-order valence-electron chi connectivity index (χ1n) is 7.27. The van der Waals surface area contributed by atoms with Crippen LogP contribution >= 0.6 is 15.9 Å². The largest absolute Gasteiger partial charge is 0.326 e. The predicted molar refractivity (Wildman–Crippen MR) is 96.0 cm³/mol. The molecule has 2 aromatic carbocycles. The minimum absolute atomic E-state index is 0.0228. The van der Waals surface area contributed by atoms with E-state index in [4.69, 9.17) is 0 Å². The van der Waals surface area contributed by atoms with Gasteiger partial charge in [-0.25, -0.2) is 17.8 Å². The number of sulfonamides is 1. The van der Waals surface area contributed by atoms with Crippen LogP contribution in [0.4, 0.5) is 10.1 Å². The lowest BCUT2D eigenvalue weighted by atomic mass is 10.2. The van der Waals surface area contributed by atoms with Crippen molar-refractivity contribution in [2.75, 3.05) is 10.5 Å². The van der Waals surface area contributed by atoms with Crippen molar-refractivity contribution in [2.45, 2.75) is 13.5 Å². The Kier molecular flexibility index (Phi) is 4.60. The maximum atomic E-state index is 13.4. The Bertz CT molecular complexity index is 1000. The van der Waals surface area contributed by atoms with Crippen LogP contribution in [0.3, 0.4) is 0 Å². The molecule has 5 nitrogen and oxygen atoms in total. The standard InChI is InChI=1S/C16H15BrFN3O2S/c1-2-24(22,23)20-14-7-12(17)8-15-16(14)19-10-21(15)9-11-4-3-5-13(18)6-11/h3-8,10,20H,2,9H2,1H3. The van der Waals surface area contributed by atoms with Crippen LogP contribution in [0.5, 0.6) is 0 Å². The van der Waals surface area contributed by atoms with Crippen LogP contribution < -0.4 is 4.72 Å². The molecule has 8 heteroatoms. The molecule has 0 spiro atoms. The summed E-state index contributed by atoms with van der Waals surface area (Å²) in [5.74, 6) is -0.320. The van der Waals surface area contributed by atoms with Gasteiger partial charge in [-0.1, -0.05) is 28.1 Å². The number of fused-ring (bicyclic) bond motifs is 1. The Morgan fingerprint density at radius 2 is 2.08 bits per heavy atom. The van der Waals surface area contributed by atoms with Crippen LogP contribution in [-0.4, -0.2) is 23.7 Å². The highest BCUT2D eigenvalue weighted by Gasteiger charge is 2.14. The zero-order valence-corrected chi connectivity index (χ0v) is 15.2. The van der Waals surface area contributed by atoms with E-state index in [2.05, 4.69) is 25.6 Å². The molecule has 0 radical (unpaired) electrons. The van der Waals surface area contributed by atoms with E-state index in [-0.39, 0.29) is 11.6 Å². The Morgan fingerprint density at radius 3 is 2.79 bits per heavy atom. The lowest BCUT2D eigenvalue weighted by Gasteiger charge is -2.09. The minimum Gasteiger partial charge on any atom is -0.326 e. The average Bonchev–Trinajstić information content (AvgIpc) is 2.90. The summed E-state index contributed by atoms with van der Waals surface area (Å²) < 4.78 is 42.2. The summed E-state index contributed by atoms with van der Waals surface area (Å²) >= 11 is 3.39. The number of hydrogen-bond donors (Lipinski definition) is 1. The average molecular weight is 412 g/mol. The predicted octanol–water partition coefficient (Wildman–Crippen LogP) is 3.75. The number of aromatic nitrogens is 2. The molecule has 0 unspecified atom stereocenters. The molecule has 3 rings (SSSR count). The summed E-state index contributed by atoms with van der Waals surface area (Å²) in [4.78, 5) is 4.32. The molecule has 0 saturated heterocycles. The van der Waals surface area contributed by atoms with Gasteiger partial charge in [0.1, 0.15) is 11.3 Å². The molecule has 1 N–H and O–H groups in total. The fourth-order valence-corrected chi connectivity index (χ4v) is 3.49. The Hall–Kier alpha value is -1.93. The van der Waals surface area contributed by atoms with Crippen molar-refractivity contribution in [1.82, 2.24) is 9.55 Å². The maximum absolute atomic E-state index is 13.4. The van der Waals surface area contributed by atoms with Crippen molar-refractivity contribution in [3.8, 4) is 0 Å². The first-order chi connectivity index (χ1) is 11.4. The Balaban J connectivity index is 2.04. The second kappa shape index (κ2) is 6.52. The highest BCUT2D eigenvalue weighted by Crippen LogP contribution is 2.28. The summed E-state index contributed by atoms with van der Waals surface area (Å²) in [6.07, 6.45) is 1.62. The molecule has 0 amide bonds. The summed E-state index contributed by atoms with van der Waals surface area (Å²) in [5.41, 5.74) is 2.51. The zero-order chi connectivity index (χ0) is 17.3. The number of hydrogen-bond acceptors (Lipinski definition) is 3. The van der Waals surface area contributed by atoms with Gasteiger partial charge in [0.25, 0.3) is 0 Å². The molecule has 0 aliphatic rings. The molecule has 0 bridgehead atoms. The number of halogens is 2. The van der Waals surface area contributed by atoms with Gasteiger partial charge in [-0.2, -0.15) is 0 Å². The Labute approximate surface area is 147 Å². The van der Waals surface area contributed by atoms with Crippen LogP contribution in [0.15, 0.2) is 47.2 Å². The molecular weight excluding hydrogens is 397 g/mol. The van der Waals surface area contributed by atoms with Crippen LogP contribution in [-0.2, 0) is 16.6 Å². The number of benzene rings is 2. The third-order valence-electron chi connectivity index (χ3n) is 3.58. The highest BCUT2D eigenvalue weighted by atomic mass is 79.9. The lowest BCUT2D eigenvalue weighted by Crippen LogP contribution is -2.14. The first-order valence-corrected chi connectivity index (χ1v) is 9.72. The number of anilines is 1. The molecule has 0 saturated carbocycles. The van der Waals surface area contributed by atoms with Crippen LogP contribution in [0.1, 0.15) is 12.5 Å². The van der Waals surface area contributed by atoms with Gasteiger partial charge in [0, 0.05) is 11.0 Å². The summed E-state index contributed by atoms with van der Waals surface area (Å²) in [5, 5.41) is 0. The third-order valence-corrected chi connectivity index (χ3v) is 5.33. The van der Waals surface area contributed by atoms with Crippen LogP contribution in [0.25, 0.3) is 11.0 Å². The number of nitrogens with zero attached hydrogens (tertiary/aromatic N) is 2. The second-order valence-electron chi connectivity index (χ2n) is 5.33. The van der Waals surface area contributed by atoms with Gasteiger partial charge in [0.2, 0.25) is 10.0 Å². The molecule has 3 aromatic rings. The highest BCUT2D eigenvalue weighted by molar-refractivity contribution is 9.10. The molecule has 0 aliphatic carbocycles. The van der Waals surface area contributed by atoms with Gasteiger partial charge in [-0.15, -0.1) is 0 Å². The van der Waals surface area contributed by atoms with Gasteiger partial charge in [-0.05, 0) is 36.8 Å². The quantitative estimate of drug-likeness (QED) is 0.695. The van der Waals surface area contributed by atoms with E-state index in [9.17, 15) is 12.8 Å². The molecule has 1 aromatic heterocycles. The van der Waals surface area contributed by atoms with Crippen molar-refractivity contribution >= 4 is 42.7 Å². The van der Waals surface area contributed by atoms with E-state index in [1.807, 2.05) is 16.7 Å². The zero-order valence-electron chi connectivity index (χ0n) is 12.8. The van der Waals surface area contributed by atoms with E-state index in [0.29, 0.717) is 17.7 Å². The molecule has 0 fully saturated rings. The maximum Gasteiger partial charge on any atom is 0.232 e. The minimum atomic E-state index is -3.41. The van der Waals surface area contributed by atoms with Gasteiger partial charge in [-0.3, -0.25) is 4.72 Å². The van der Waals surface area contributed by atoms with E-state index in [1.54, 1.807) is 25.4 Å². The lowest BCUT2D eigenvalue weighted by molar-refractivity contribution is 0.602. The van der Waals surface area contributed by atoms with Crippen molar-refractivity contribution in [2.24, 2.45) is 0 Å². The molecular formula is C16H15BrFN3O2S. The van der Waals surface area contributed by atoms with Gasteiger partial charge < -0.3 is 4.57 Å². The Morgan fingerprint density at radius 1 is 1.29 bits per heavy atom. The van der Waals surface area contributed by atoms with E-state index < -0.39 is 10.0 Å². The number of rotatable bonds is 5. The number of imidazole rings is 1. The van der Waals surface area contributed by atoms with Crippen LogP contribution in [0.2, 0.25) is 0 Å². The van der Waals surface area contributed by atoms with Crippen molar-refractivity contribution in [3.63, 3.8) is 0 Å². The smallest absolute Gasteiger partial charge is 0.232 e. The van der Waals surface area contributed by atoms with Crippen molar-refractivity contribution in [1.29, 1.82) is 0 Å². The van der Waals surface area contributed by atoms with E-state index in [0.717, 1.165) is 15.6 Å². The van der Waals surface area contributed by atoms with Crippen molar-refractivity contribution in [3.05, 3.63) is 58.6 Å². The summed E-state index contributed by atoms with van der Waals surface area (Å²) in [6, 6.07) is 9.86.